The molecule has 1 aromatic rings. The van der Waals surface area contributed by atoms with Gasteiger partial charge in [-0.25, -0.2) is 4.79 Å². The van der Waals surface area contributed by atoms with E-state index in [0.29, 0.717) is 29.0 Å². The van der Waals surface area contributed by atoms with Crippen molar-refractivity contribution < 1.29 is 33.4 Å². The summed E-state index contributed by atoms with van der Waals surface area (Å²) in [6.45, 7) is 14.8. The Balaban J connectivity index is 1.87. The summed E-state index contributed by atoms with van der Waals surface area (Å²) in [6, 6.07) is 8.56. The van der Waals surface area contributed by atoms with Crippen molar-refractivity contribution in [3.8, 4) is 0 Å². The molecule has 38 heavy (non-hydrogen) atoms. The molecule has 0 unspecified atom stereocenters. The minimum atomic E-state index is -1.69. The number of esters is 3. The van der Waals surface area contributed by atoms with Crippen molar-refractivity contribution in [1.82, 2.24) is 0 Å². The molecule has 1 aromatic carbocycles. The first kappa shape index (κ1) is 27.8. The molecule has 0 N–H and O–H groups in total. The highest BCUT2D eigenvalue weighted by atomic mass is 16.6. The van der Waals surface area contributed by atoms with E-state index in [9.17, 15) is 19.2 Å². The first-order chi connectivity index (χ1) is 17.8. The number of Topliss-reactive ketones (excluding diaryl/α,β-unsaturated/α-hetero) is 1. The molecular weight excluding hydrogens is 484 g/mol. The van der Waals surface area contributed by atoms with Gasteiger partial charge in [0, 0.05) is 20.3 Å². The summed E-state index contributed by atoms with van der Waals surface area (Å²) >= 11 is 0. The predicted octanol–water partition coefficient (Wildman–Crippen LogP) is 5.24. The van der Waals surface area contributed by atoms with Gasteiger partial charge in [-0.15, -0.1) is 0 Å². The molecule has 2 fully saturated rings. The number of fused-ring (bicyclic) bond motifs is 2. The average molecular weight is 523 g/mol. The van der Waals surface area contributed by atoms with Gasteiger partial charge in [-0.05, 0) is 66.2 Å². The van der Waals surface area contributed by atoms with Crippen LogP contribution in [0.25, 0.3) is 0 Å². The van der Waals surface area contributed by atoms with E-state index in [1.165, 1.54) is 13.8 Å². The zero-order valence-electron chi connectivity index (χ0n) is 23.1. The van der Waals surface area contributed by atoms with Crippen molar-refractivity contribution >= 4 is 23.7 Å². The van der Waals surface area contributed by atoms with Gasteiger partial charge in [0.25, 0.3) is 0 Å². The summed E-state index contributed by atoms with van der Waals surface area (Å²) in [5, 5.41) is 0. The third-order valence-corrected chi connectivity index (χ3v) is 8.77. The van der Waals surface area contributed by atoms with Crippen molar-refractivity contribution in [3.63, 3.8) is 0 Å². The summed E-state index contributed by atoms with van der Waals surface area (Å²) in [4.78, 5) is 52.4. The molecule has 7 nitrogen and oxygen atoms in total. The molecular formula is C31H38O7. The maximum absolute atomic E-state index is 14.3. The van der Waals surface area contributed by atoms with Gasteiger partial charge in [-0.1, -0.05) is 51.6 Å². The second-order valence-corrected chi connectivity index (χ2v) is 11.8. The summed E-state index contributed by atoms with van der Waals surface area (Å²) in [5.74, 6) is -2.89. The molecule has 0 aliphatic heterocycles. The molecule has 3 aliphatic carbocycles. The SMILES string of the molecule is C=C1CC[C@H]2[C@@H](C=C(C)C(=O)[C@@]3(OC(C)=O)C[C@@H](C)[C@H](OC(=O)c4ccccc4)[C@@H]3[C@H]1OC(C)=O)C2(C)C. The van der Waals surface area contributed by atoms with E-state index < -0.39 is 41.6 Å². The van der Waals surface area contributed by atoms with E-state index in [0.717, 1.165) is 6.42 Å². The maximum atomic E-state index is 14.3. The van der Waals surface area contributed by atoms with E-state index in [-0.39, 0.29) is 29.5 Å². The number of rotatable bonds is 4. The first-order valence-corrected chi connectivity index (χ1v) is 13.3. The van der Waals surface area contributed by atoms with Gasteiger partial charge >= 0.3 is 17.9 Å². The van der Waals surface area contributed by atoms with E-state index in [4.69, 9.17) is 14.2 Å². The van der Waals surface area contributed by atoms with Crippen LogP contribution in [0, 0.1) is 29.1 Å². The van der Waals surface area contributed by atoms with E-state index >= 15 is 0 Å². The fourth-order valence-corrected chi connectivity index (χ4v) is 6.80. The quantitative estimate of drug-likeness (QED) is 0.303. The maximum Gasteiger partial charge on any atom is 0.338 e. The van der Waals surface area contributed by atoms with Crippen molar-refractivity contribution in [2.45, 2.75) is 78.6 Å². The monoisotopic (exact) mass is 522 g/mol. The van der Waals surface area contributed by atoms with Crippen LogP contribution in [0.5, 0.6) is 0 Å². The zero-order valence-corrected chi connectivity index (χ0v) is 23.1. The van der Waals surface area contributed by atoms with Crippen LogP contribution >= 0.6 is 0 Å². The minimum absolute atomic E-state index is 0.0165. The molecule has 0 aromatic heterocycles. The summed E-state index contributed by atoms with van der Waals surface area (Å²) in [7, 11) is 0. The van der Waals surface area contributed by atoms with Gasteiger partial charge in [0.05, 0.1) is 11.5 Å². The Morgan fingerprint density at radius 2 is 1.68 bits per heavy atom. The van der Waals surface area contributed by atoms with Crippen LogP contribution in [-0.2, 0) is 28.6 Å². The lowest BCUT2D eigenvalue weighted by Gasteiger charge is -2.39. The highest BCUT2D eigenvalue weighted by Gasteiger charge is 2.65. The molecule has 2 saturated carbocycles. The molecule has 0 saturated heterocycles. The van der Waals surface area contributed by atoms with Crippen LogP contribution in [0.4, 0.5) is 0 Å². The van der Waals surface area contributed by atoms with Gasteiger partial charge in [-0.3, -0.25) is 14.4 Å². The average Bonchev–Trinajstić information content (AvgIpc) is 3.24. The molecule has 0 amide bonds. The lowest BCUT2D eigenvalue weighted by Crippen LogP contribution is -2.55. The molecule has 0 heterocycles. The summed E-state index contributed by atoms with van der Waals surface area (Å²) in [6.07, 6.45) is 1.63. The van der Waals surface area contributed by atoms with E-state index in [2.05, 4.69) is 20.4 Å². The van der Waals surface area contributed by atoms with E-state index in [1.807, 2.05) is 13.0 Å². The normalized spacial score (nSPS) is 34.1. The van der Waals surface area contributed by atoms with Gasteiger partial charge in [-0.2, -0.15) is 0 Å². The third-order valence-electron chi connectivity index (χ3n) is 8.77. The Morgan fingerprint density at radius 3 is 2.29 bits per heavy atom. The number of benzene rings is 1. The fraction of sp³-hybridized carbons (Fsp3) is 0.548. The second-order valence-electron chi connectivity index (χ2n) is 11.8. The molecule has 3 aliphatic rings. The largest absolute Gasteiger partial charge is 0.458 e. The number of hydrogen-bond acceptors (Lipinski definition) is 7. The topological polar surface area (TPSA) is 96.0 Å². The molecule has 4 rings (SSSR count). The fourth-order valence-electron chi connectivity index (χ4n) is 6.80. The molecule has 0 bridgehead atoms. The number of ketones is 1. The van der Waals surface area contributed by atoms with Crippen LogP contribution in [-0.4, -0.2) is 41.5 Å². The lowest BCUT2D eigenvalue weighted by atomic mass is 9.76. The Kier molecular flexibility index (Phi) is 7.43. The Labute approximate surface area is 224 Å². The summed E-state index contributed by atoms with van der Waals surface area (Å²) in [5.41, 5.74) is -0.203. The molecule has 7 atom stereocenters. The van der Waals surface area contributed by atoms with Crippen molar-refractivity contribution in [2.75, 3.05) is 0 Å². The number of allylic oxidation sites excluding steroid dienone is 1. The minimum Gasteiger partial charge on any atom is -0.458 e. The highest BCUT2D eigenvalue weighted by Crippen LogP contribution is 2.62. The van der Waals surface area contributed by atoms with Gasteiger partial charge in [0.1, 0.15) is 12.2 Å². The van der Waals surface area contributed by atoms with Crippen LogP contribution < -0.4 is 0 Å². The standard InChI is InChI=1S/C31H38O7/c1-17-13-14-23-24(30(23,6)7)15-18(2)28(34)31(38-21(5)33)16-19(3)27(25(31)26(17)36-20(4)32)37-29(35)22-11-9-8-10-12-22/h8-12,15,19,23-27H,1,13-14,16H2,2-7H3/t19-,23+,24-,25+,26+,27+,31-/m1/s1. The number of carbonyl (C=O) groups is 4. The Hall–Kier alpha value is -3.22. The predicted molar refractivity (Wildman–Crippen MR) is 141 cm³/mol. The number of ether oxygens (including phenoxy) is 3. The van der Waals surface area contributed by atoms with Gasteiger partial charge in [0.15, 0.2) is 5.60 Å². The Morgan fingerprint density at radius 1 is 1.03 bits per heavy atom. The lowest BCUT2D eigenvalue weighted by molar-refractivity contribution is -0.179. The second kappa shape index (κ2) is 10.2. The molecule has 0 spiro atoms. The van der Waals surface area contributed by atoms with Gasteiger partial charge in [0.2, 0.25) is 5.78 Å². The van der Waals surface area contributed by atoms with Gasteiger partial charge < -0.3 is 14.2 Å². The van der Waals surface area contributed by atoms with Crippen molar-refractivity contribution in [2.24, 2.45) is 29.1 Å². The Bertz CT molecular complexity index is 1180. The van der Waals surface area contributed by atoms with E-state index in [1.54, 1.807) is 37.3 Å². The highest BCUT2D eigenvalue weighted by molar-refractivity contribution is 6.03. The zero-order chi connectivity index (χ0) is 28.0. The van der Waals surface area contributed by atoms with Crippen LogP contribution in [0.2, 0.25) is 0 Å². The molecule has 0 radical (unpaired) electrons. The van der Waals surface area contributed by atoms with Crippen LogP contribution in [0.15, 0.2) is 54.1 Å². The van der Waals surface area contributed by atoms with Crippen molar-refractivity contribution in [1.29, 1.82) is 0 Å². The van der Waals surface area contributed by atoms with Crippen LogP contribution in [0.3, 0.4) is 0 Å². The third kappa shape index (κ3) is 4.95. The number of hydrogen-bond donors (Lipinski definition) is 0. The number of carbonyl (C=O) groups excluding carboxylic acids is 4. The molecule has 7 heteroatoms. The summed E-state index contributed by atoms with van der Waals surface area (Å²) < 4.78 is 17.9. The van der Waals surface area contributed by atoms with Crippen molar-refractivity contribution in [3.05, 3.63) is 59.7 Å². The first-order valence-electron chi connectivity index (χ1n) is 13.3. The van der Waals surface area contributed by atoms with Crippen LogP contribution in [0.1, 0.15) is 71.2 Å². The molecule has 204 valence electrons. The smallest absolute Gasteiger partial charge is 0.338 e.